The van der Waals surface area contributed by atoms with Crippen LogP contribution in [-0.4, -0.2) is 32.7 Å². The molecule has 0 aliphatic carbocycles. The van der Waals surface area contributed by atoms with Crippen LogP contribution in [0.2, 0.25) is 0 Å². The van der Waals surface area contributed by atoms with Crippen molar-refractivity contribution < 1.29 is 14.5 Å². The van der Waals surface area contributed by atoms with E-state index in [4.69, 9.17) is 0 Å². The lowest BCUT2D eigenvalue weighted by atomic mass is 10.4. The number of aromatic nitrogens is 3. The third-order valence-corrected chi connectivity index (χ3v) is 1.30. The Morgan fingerprint density at radius 3 is 2.93 bits per heavy atom. The molecule has 0 saturated heterocycles. The van der Waals surface area contributed by atoms with Crippen molar-refractivity contribution in [3.63, 3.8) is 0 Å². The second kappa shape index (κ2) is 4.30. The zero-order valence-corrected chi connectivity index (χ0v) is 7.39. The maximum absolute atomic E-state index is 10.9. The van der Waals surface area contributed by atoms with Crippen LogP contribution in [0.4, 0.5) is 5.95 Å². The minimum absolute atomic E-state index is 0.0511. The Kier molecular flexibility index (Phi) is 3.10. The average molecular weight is 200 g/mol. The van der Waals surface area contributed by atoms with Crippen LogP contribution in [0.3, 0.4) is 0 Å². The molecule has 8 heteroatoms. The number of rotatable bonds is 4. The molecule has 1 aromatic heterocycles. The van der Waals surface area contributed by atoms with E-state index in [2.05, 4.69) is 19.9 Å². The summed E-state index contributed by atoms with van der Waals surface area (Å²) in [5, 5.41) is 15.7. The largest absolute Gasteiger partial charge is 0.466 e. The number of H-pyrrole nitrogens is 1. The molecule has 0 unspecified atom stereocenters. The van der Waals surface area contributed by atoms with Crippen molar-refractivity contribution in [3.05, 3.63) is 15.9 Å². The molecular formula is C6H8N4O4. The Morgan fingerprint density at radius 2 is 2.43 bits per heavy atom. The van der Waals surface area contributed by atoms with E-state index in [0.29, 0.717) is 0 Å². The van der Waals surface area contributed by atoms with Crippen molar-refractivity contribution in [1.29, 1.82) is 0 Å². The third kappa shape index (κ3) is 2.51. The zero-order valence-electron chi connectivity index (χ0n) is 7.39. The fourth-order valence-corrected chi connectivity index (χ4v) is 0.789. The Hall–Kier alpha value is -1.99. The predicted octanol–water partition coefficient (Wildman–Crippen LogP) is -0.182. The summed E-state index contributed by atoms with van der Waals surface area (Å²) in [4.78, 5) is 23.8. The van der Waals surface area contributed by atoms with Crippen LogP contribution in [-0.2, 0) is 16.0 Å². The topological polar surface area (TPSA) is 111 Å². The van der Waals surface area contributed by atoms with Gasteiger partial charge in [0.05, 0.1) is 6.61 Å². The van der Waals surface area contributed by atoms with Crippen LogP contribution in [0.5, 0.6) is 0 Å². The summed E-state index contributed by atoms with van der Waals surface area (Å²) in [6, 6.07) is 0. The fourth-order valence-electron chi connectivity index (χ4n) is 0.789. The summed E-state index contributed by atoms with van der Waals surface area (Å²) < 4.78 is 4.61. The molecule has 0 radical (unpaired) electrons. The second-order valence-corrected chi connectivity index (χ2v) is 2.31. The average Bonchev–Trinajstić information content (AvgIpc) is 2.53. The number of nitrogens with zero attached hydrogens (tertiary/aromatic N) is 3. The van der Waals surface area contributed by atoms with Crippen molar-refractivity contribution in [3.8, 4) is 0 Å². The third-order valence-electron chi connectivity index (χ3n) is 1.30. The summed E-state index contributed by atoms with van der Waals surface area (Å²) in [5.41, 5.74) is 0. The number of carbonyl (C=O) groups excluding carboxylic acids is 1. The van der Waals surface area contributed by atoms with Gasteiger partial charge in [0.1, 0.15) is 6.42 Å². The monoisotopic (exact) mass is 200 g/mol. The highest BCUT2D eigenvalue weighted by atomic mass is 16.6. The summed E-state index contributed by atoms with van der Waals surface area (Å²) in [5.74, 6) is -0.944. The Morgan fingerprint density at radius 1 is 1.71 bits per heavy atom. The highest BCUT2D eigenvalue weighted by molar-refractivity contribution is 5.71. The lowest BCUT2D eigenvalue weighted by molar-refractivity contribution is -0.394. The maximum atomic E-state index is 10.9. The molecule has 0 bridgehead atoms. The van der Waals surface area contributed by atoms with Crippen LogP contribution in [0.1, 0.15) is 12.7 Å². The minimum atomic E-state index is -0.721. The second-order valence-electron chi connectivity index (χ2n) is 2.31. The van der Waals surface area contributed by atoms with E-state index < -0.39 is 16.8 Å². The van der Waals surface area contributed by atoms with Gasteiger partial charge in [0.25, 0.3) is 5.82 Å². The molecular weight excluding hydrogens is 192 g/mol. The fraction of sp³-hybridized carbons (Fsp3) is 0.500. The van der Waals surface area contributed by atoms with Crippen LogP contribution < -0.4 is 0 Å². The van der Waals surface area contributed by atoms with Gasteiger partial charge in [-0.1, -0.05) is 5.10 Å². The first-order valence-corrected chi connectivity index (χ1v) is 3.84. The van der Waals surface area contributed by atoms with E-state index in [1.807, 2.05) is 0 Å². The molecule has 1 N–H and O–H groups in total. The Balaban J connectivity index is 2.59. The lowest BCUT2D eigenvalue weighted by Crippen LogP contribution is -2.08. The molecule has 14 heavy (non-hydrogen) atoms. The number of ether oxygens (including phenoxy) is 1. The molecule has 0 saturated carbocycles. The van der Waals surface area contributed by atoms with Gasteiger partial charge in [-0.25, -0.2) is 0 Å². The molecule has 1 aromatic rings. The number of hydrogen-bond donors (Lipinski definition) is 1. The zero-order chi connectivity index (χ0) is 10.6. The van der Waals surface area contributed by atoms with E-state index in [1.165, 1.54) is 0 Å². The first-order valence-electron chi connectivity index (χ1n) is 3.84. The maximum Gasteiger partial charge on any atom is 0.453 e. The van der Waals surface area contributed by atoms with Gasteiger partial charge in [-0.3, -0.25) is 4.79 Å². The molecule has 76 valence electrons. The number of nitrogens with one attached hydrogen (secondary N) is 1. The van der Waals surface area contributed by atoms with Crippen molar-refractivity contribution in [2.45, 2.75) is 13.3 Å². The number of aromatic amines is 1. The molecule has 0 amide bonds. The highest BCUT2D eigenvalue weighted by Crippen LogP contribution is 2.02. The summed E-state index contributed by atoms with van der Waals surface area (Å²) in [6.45, 7) is 1.92. The van der Waals surface area contributed by atoms with Gasteiger partial charge < -0.3 is 14.9 Å². The molecule has 0 atom stereocenters. The van der Waals surface area contributed by atoms with Crippen molar-refractivity contribution in [2.24, 2.45) is 0 Å². The quantitative estimate of drug-likeness (QED) is 0.410. The Labute approximate surface area is 78.4 Å². The normalized spacial score (nSPS) is 9.79. The Bertz CT molecular complexity index is 347. The molecule has 1 rings (SSSR count). The van der Waals surface area contributed by atoms with Gasteiger partial charge in [-0.15, -0.1) is 5.10 Å². The minimum Gasteiger partial charge on any atom is -0.466 e. The van der Waals surface area contributed by atoms with Gasteiger partial charge >= 0.3 is 11.9 Å². The lowest BCUT2D eigenvalue weighted by Gasteiger charge is -1.95. The van der Waals surface area contributed by atoms with Crippen LogP contribution in [0.25, 0.3) is 0 Å². The highest BCUT2D eigenvalue weighted by Gasteiger charge is 2.17. The SMILES string of the molecule is CCOC(=O)Cc1n[nH]c([N+](=O)[O-])n1. The summed E-state index contributed by atoms with van der Waals surface area (Å²) >= 11 is 0. The van der Waals surface area contributed by atoms with Gasteiger partial charge in [-0.05, 0) is 16.8 Å². The molecule has 1 heterocycles. The molecule has 0 fully saturated rings. The molecule has 0 spiro atoms. The van der Waals surface area contributed by atoms with Gasteiger partial charge in [0.15, 0.2) is 0 Å². The van der Waals surface area contributed by atoms with Crippen molar-refractivity contribution in [1.82, 2.24) is 15.2 Å². The number of hydrogen-bond acceptors (Lipinski definition) is 6. The van der Waals surface area contributed by atoms with Gasteiger partial charge in [0, 0.05) is 0 Å². The molecule has 0 aliphatic heterocycles. The smallest absolute Gasteiger partial charge is 0.453 e. The molecule has 0 aliphatic rings. The van der Waals surface area contributed by atoms with Crippen molar-refractivity contribution in [2.75, 3.05) is 6.61 Å². The van der Waals surface area contributed by atoms with E-state index in [0.717, 1.165) is 0 Å². The van der Waals surface area contributed by atoms with Gasteiger partial charge in [0.2, 0.25) is 0 Å². The number of nitro groups is 1. The van der Waals surface area contributed by atoms with Crippen LogP contribution in [0, 0.1) is 10.1 Å². The van der Waals surface area contributed by atoms with E-state index in [1.54, 1.807) is 6.92 Å². The molecule has 8 nitrogen and oxygen atoms in total. The number of carbonyl (C=O) groups is 1. The standard InChI is InChI=1S/C6H8N4O4/c1-2-14-5(11)3-4-7-6(9-8-4)10(12)13/h2-3H2,1H3,(H,7,8,9). The number of esters is 1. The van der Waals surface area contributed by atoms with E-state index in [9.17, 15) is 14.9 Å². The predicted molar refractivity (Wildman–Crippen MR) is 43.4 cm³/mol. The van der Waals surface area contributed by atoms with Gasteiger partial charge in [-0.2, -0.15) is 0 Å². The summed E-state index contributed by atoms with van der Waals surface area (Å²) in [7, 11) is 0. The van der Waals surface area contributed by atoms with E-state index in [-0.39, 0.29) is 18.9 Å². The van der Waals surface area contributed by atoms with Crippen molar-refractivity contribution >= 4 is 11.9 Å². The van der Waals surface area contributed by atoms with Crippen LogP contribution in [0.15, 0.2) is 0 Å². The molecule has 0 aromatic carbocycles. The summed E-state index contributed by atoms with van der Waals surface area (Å²) in [6.07, 6.45) is -0.168. The van der Waals surface area contributed by atoms with E-state index >= 15 is 0 Å². The first kappa shape index (κ1) is 10.1. The van der Waals surface area contributed by atoms with Crippen LogP contribution >= 0.6 is 0 Å². The first-order chi connectivity index (χ1) is 6.63.